The molecule has 0 bridgehead atoms. The van der Waals surface area contributed by atoms with Crippen LogP contribution in [0.15, 0.2) is 22.9 Å². The minimum absolute atomic E-state index is 0.167. The Hall–Kier alpha value is -1.83. The zero-order valence-corrected chi connectivity index (χ0v) is 16.1. The number of carbonyl (C=O) groups excluding carboxylic acids is 1. The van der Waals surface area contributed by atoms with Crippen molar-refractivity contribution in [3.05, 3.63) is 22.9 Å². The first-order valence-corrected chi connectivity index (χ1v) is 8.75. The highest BCUT2D eigenvalue weighted by atomic mass is 79.9. The zero-order valence-electron chi connectivity index (χ0n) is 14.5. The van der Waals surface area contributed by atoms with Crippen LogP contribution in [0.3, 0.4) is 0 Å². The van der Waals surface area contributed by atoms with Gasteiger partial charge in [-0.3, -0.25) is 0 Å². The monoisotopic (exact) mass is 397 g/mol. The van der Waals surface area contributed by atoms with Crippen LogP contribution in [0.2, 0.25) is 0 Å². The van der Waals surface area contributed by atoms with Crippen LogP contribution in [0.25, 0.3) is 5.65 Å². The van der Waals surface area contributed by atoms with Crippen molar-refractivity contribution in [3.8, 4) is 0 Å². The summed E-state index contributed by atoms with van der Waals surface area (Å²) in [7, 11) is 1.84. The number of amides is 1. The number of nitrogens with one attached hydrogen (secondary N) is 1. The van der Waals surface area contributed by atoms with Gasteiger partial charge in [0, 0.05) is 26.3 Å². The lowest BCUT2D eigenvalue weighted by atomic mass is 10.2. The molecule has 1 N–H and O–H groups in total. The molecule has 0 radical (unpaired) electrons. The first-order valence-electron chi connectivity index (χ1n) is 7.96. The highest BCUT2D eigenvalue weighted by Gasteiger charge is 2.23. The fourth-order valence-corrected chi connectivity index (χ4v) is 2.57. The summed E-state index contributed by atoms with van der Waals surface area (Å²) in [6.45, 7) is 7.38. The van der Waals surface area contributed by atoms with Gasteiger partial charge in [0.25, 0.3) is 0 Å². The average molecular weight is 398 g/mol. The normalized spacial score (nSPS) is 14.3. The van der Waals surface area contributed by atoms with Crippen molar-refractivity contribution < 1.29 is 9.53 Å². The van der Waals surface area contributed by atoms with Gasteiger partial charge in [0.05, 0.1) is 10.7 Å². The van der Waals surface area contributed by atoms with Crippen molar-refractivity contribution in [2.75, 3.05) is 25.5 Å². The summed E-state index contributed by atoms with van der Waals surface area (Å²) in [6, 6.07) is 1.87. The quantitative estimate of drug-likeness (QED) is 0.796. The molecule has 0 saturated carbocycles. The van der Waals surface area contributed by atoms with Crippen molar-refractivity contribution in [1.29, 1.82) is 0 Å². The predicted octanol–water partition coefficient (Wildman–Crippen LogP) is 3.55. The number of aromatic nitrogens is 3. The van der Waals surface area contributed by atoms with Gasteiger partial charge in [-0.05, 0) is 55.6 Å². The Morgan fingerprint density at radius 1 is 1.33 bits per heavy atom. The van der Waals surface area contributed by atoms with Gasteiger partial charge in [-0.25, -0.2) is 14.3 Å². The van der Waals surface area contributed by atoms with Crippen LogP contribution < -0.4 is 5.32 Å². The Kier molecular flexibility index (Phi) is 6.04. The molecule has 1 saturated heterocycles. The van der Waals surface area contributed by atoms with Gasteiger partial charge in [-0.15, -0.1) is 0 Å². The minimum Gasteiger partial charge on any atom is -0.444 e. The fraction of sp³-hybridized carbons (Fsp3) is 0.562. The number of nitrogens with zero attached hydrogens (tertiary/aromatic N) is 4. The Morgan fingerprint density at radius 2 is 2.00 bits per heavy atom. The van der Waals surface area contributed by atoms with E-state index in [4.69, 9.17) is 4.74 Å². The van der Waals surface area contributed by atoms with Gasteiger partial charge in [0.1, 0.15) is 11.4 Å². The molecular formula is C16H24BrN5O2. The topological polar surface area (TPSA) is 71.8 Å². The predicted molar refractivity (Wildman–Crippen MR) is 97.3 cm³/mol. The van der Waals surface area contributed by atoms with Crippen molar-refractivity contribution in [2.24, 2.45) is 0 Å². The first kappa shape index (κ1) is 18.5. The summed E-state index contributed by atoms with van der Waals surface area (Å²) in [5.41, 5.74) is 0.460. The maximum atomic E-state index is 11.4. The van der Waals surface area contributed by atoms with Gasteiger partial charge < -0.3 is 15.0 Å². The number of anilines is 1. The second-order valence-corrected chi connectivity index (χ2v) is 7.35. The van der Waals surface area contributed by atoms with E-state index in [1.165, 1.54) is 0 Å². The molecule has 0 aromatic carbocycles. The molecule has 1 aliphatic heterocycles. The number of rotatable bonds is 1. The highest BCUT2D eigenvalue weighted by Crippen LogP contribution is 2.16. The van der Waals surface area contributed by atoms with Crippen LogP contribution in [0.1, 0.15) is 33.6 Å². The second kappa shape index (κ2) is 7.83. The molecular weight excluding hydrogens is 374 g/mol. The van der Waals surface area contributed by atoms with E-state index >= 15 is 0 Å². The third kappa shape index (κ3) is 5.09. The van der Waals surface area contributed by atoms with E-state index in [0.717, 1.165) is 41.9 Å². The molecule has 1 fully saturated rings. The molecule has 7 nitrogen and oxygen atoms in total. The average Bonchev–Trinajstić information content (AvgIpc) is 3.16. The molecule has 2 aromatic heterocycles. The number of likely N-dealkylation sites (tertiary alicyclic amines) is 1. The standard InChI is InChI=1S/C9H17NO2.C7H7BrN4/c1-9(2,3)12-8(11)10-6-4-5-7-10;1-9-6-2-3-12-7(11-6)5(8)4-10-12/h4-7H2,1-3H3;2-4H,1H3,(H,9,11). The van der Waals surface area contributed by atoms with Crippen LogP contribution in [0.4, 0.5) is 10.6 Å². The summed E-state index contributed by atoms with van der Waals surface area (Å²) in [4.78, 5) is 17.4. The summed E-state index contributed by atoms with van der Waals surface area (Å²) < 4.78 is 7.82. The summed E-state index contributed by atoms with van der Waals surface area (Å²) in [5.74, 6) is 0.837. The molecule has 0 unspecified atom stereocenters. The largest absolute Gasteiger partial charge is 0.444 e. The van der Waals surface area contributed by atoms with Crippen LogP contribution in [0, 0.1) is 0 Å². The van der Waals surface area contributed by atoms with Crippen molar-refractivity contribution >= 4 is 33.5 Å². The minimum atomic E-state index is -0.361. The molecule has 3 rings (SSSR count). The van der Waals surface area contributed by atoms with Crippen molar-refractivity contribution in [2.45, 2.75) is 39.2 Å². The van der Waals surface area contributed by atoms with Crippen molar-refractivity contribution in [3.63, 3.8) is 0 Å². The van der Waals surface area contributed by atoms with Crippen LogP contribution in [-0.4, -0.2) is 51.3 Å². The molecule has 24 heavy (non-hydrogen) atoms. The van der Waals surface area contributed by atoms with E-state index in [-0.39, 0.29) is 11.7 Å². The number of carbonyl (C=O) groups is 1. The van der Waals surface area contributed by atoms with E-state index in [2.05, 4.69) is 31.3 Å². The third-order valence-corrected chi connectivity index (χ3v) is 3.90. The van der Waals surface area contributed by atoms with Crippen molar-refractivity contribution in [1.82, 2.24) is 19.5 Å². The Bertz CT molecular complexity index is 689. The fourth-order valence-electron chi connectivity index (χ4n) is 2.21. The van der Waals surface area contributed by atoms with Gasteiger partial charge in [-0.2, -0.15) is 5.10 Å². The molecule has 3 heterocycles. The van der Waals surface area contributed by atoms with E-state index in [1.54, 1.807) is 15.6 Å². The SMILES string of the molecule is CC(C)(C)OC(=O)N1CCCC1.CNc1ccn2ncc(Br)c2n1. The third-order valence-electron chi connectivity index (χ3n) is 3.34. The lowest BCUT2D eigenvalue weighted by Gasteiger charge is -2.23. The number of fused-ring (bicyclic) bond motifs is 1. The van der Waals surface area contributed by atoms with Gasteiger partial charge in [0.15, 0.2) is 5.65 Å². The van der Waals surface area contributed by atoms with E-state index < -0.39 is 0 Å². The molecule has 132 valence electrons. The smallest absolute Gasteiger partial charge is 0.410 e. The number of halogens is 1. The Labute approximate surface area is 150 Å². The molecule has 2 aromatic rings. The van der Waals surface area contributed by atoms with Crippen LogP contribution >= 0.6 is 15.9 Å². The lowest BCUT2D eigenvalue weighted by molar-refractivity contribution is 0.0295. The number of ether oxygens (including phenoxy) is 1. The maximum absolute atomic E-state index is 11.4. The van der Waals surface area contributed by atoms with Gasteiger partial charge in [0.2, 0.25) is 0 Å². The van der Waals surface area contributed by atoms with Gasteiger partial charge in [-0.1, -0.05) is 0 Å². The molecule has 0 spiro atoms. The summed E-state index contributed by atoms with van der Waals surface area (Å²) in [6.07, 6.45) is 5.64. The Balaban J connectivity index is 0.000000174. The molecule has 0 aliphatic carbocycles. The maximum Gasteiger partial charge on any atom is 0.410 e. The molecule has 8 heteroatoms. The number of hydrogen-bond donors (Lipinski definition) is 1. The van der Waals surface area contributed by atoms with E-state index in [9.17, 15) is 4.79 Å². The van der Waals surface area contributed by atoms with E-state index in [1.807, 2.05) is 40.1 Å². The second-order valence-electron chi connectivity index (χ2n) is 6.50. The van der Waals surface area contributed by atoms with Crippen LogP contribution in [0.5, 0.6) is 0 Å². The summed E-state index contributed by atoms with van der Waals surface area (Å²) >= 11 is 3.36. The zero-order chi connectivity index (χ0) is 17.7. The van der Waals surface area contributed by atoms with Crippen LogP contribution in [-0.2, 0) is 4.74 Å². The first-order chi connectivity index (χ1) is 11.3. The number of hydrogen-bond acceptors (Lipinski definition) is 5. The lowest BCUT2D eigenvalue weighted by Crippen LogP contribution is -2.34. The summed E-state index contributed by atoms with van der Waals surface area (Å²) in [5, 5.41) is 7.04. The highest BCUT2D eigenvalue weighted by molar-refractivity contribution is 9.10. The van der Waals surface area contributed by atoms with Gasteiger partial charge >= 0.3 is 6.09 Å². The molecule has 0 atom stereocenters. The Morgan fingerprint density at radius 3 is 2.58 bits per heavy atom. The molecule has 1 aliphatic rings. The molecule has 1 amide bonds. The van der Waals surface area contributed by atoms with E-state index in [0.29, 0.717) is 0 Å².